The van der Waals surface area contributed by atoms with E-state index < -0.39 is 0 Å². The van der Waals surface area contributed by atoms with Gasteiger partial charge in [-0.3, -0.25) is 0 Å². The first-order chi connectivity index (χ1) is 12.9. The zero-order valence-electron chi connectivity index (χ0n) is 18.7. The lowest BCUT2D eigenvalue weighted by Crippen LogP contribution is -2.35. The molecule has 0 aliphatic rings. The van der Waals surface area contributed by atoms with Crippen molar-refractivity contribution in [2.24, 2.45) is 23.7 Å². The van der Waals surface area contributed by atoms with Crippen LogP contribution >= 0.6 is 11.6 Å². The Labute approximate surface area is 174 Å². The minimum Gasteiger partial charge on any atom is -0.189 e. The van der Waals surface area contributed by atoms with Gasteiger partial charge in [0.25, 0.3) is 5.15 Å². The molecule has 3 atom stereocenters. The second-order valence-electron chi connectivity index (χ2n) is 9.51. The average molecular weight is 395 g/mol. The van der Waals surface area contributed by atoms with Crippen molar-refractivity contribution in [3.8, 4) is 0 Å². The lowest BCUT2D eigenvalue weighted by atomic mass is 9.91. The highest BCUT2D eigenvalue weighted by Gasteiger charge is 2.11. The molecule has 0 aliphatic heterocycles. The lowest BCUT2D eigenvalue weighted by molar-refractivity contribution is -0.695. The third-order valence-electron chi connectivity index (χ3n) is 6.01. The van der Waals surface area contributed by atoms with E-state index in [1.807, 2.05) is 12.1 Å². The maximum absolute atomic E-state index is 6.23. The average Bonchev–Trinajstić information content (AvgIpc) is 2.60. The van der Waals surface area contributed by atoms with Crippen LogP contribution in [0.1, 0.15) is 98.8 Å². The number of aryl methyl sites for hydroxylation is 1. The van der Waals surface area contributed by atoms with Crippen LogP contribution in [0, 0.1) is 23.7 Å². The molecule has 0 aromatic carbocycles. The molecule has 0 N–H and O–H groups in total. The Bertz CT molecular complexity index is 485. The summed E-state index contributed by atoms with van der Waals surface area (Å²) in [6.45, 7) is 13.0. The first-order valence-corrected chi connectivity index (χ1v) is 11.9. The molecule has 0 radical (unpaired) electrons. The van der Waals surface area contributed by atoms with Gasteiger partial charge in [-0.05, 0) is 41.3 Å². The number of hydrogen-bond acceptors (Lipinski definition) is 0. The minimum absolute atomic E-state index is 0.780. The molecule has 1 rings (SSSR count). The van der Waals surface area contributed by atoms with Gasteiger partial charge < -0.3 is 0 Å². The van der Waals surface area contributed by atoms with Crippen LogP contribution in [0.3, 0.4) is 0 Å². The van der Waals surface area contributed by atoms with Gasteiger partial charge in [0.2, 0.25) is 0 Å². The van der Waals surface area contributed by atoms with Gasteiger partial charge in [0.05, 0.1) is 0 Å². The predicted octanol–water partition coefficient (Wildman–Crippen LogP) is 8.09. The number of rotatable bonds is 15. The maximum atomic E-state index is 6.23. The Morgan fingerprint density at radius 2 is 1.19 bits per heavy atom. The largest absolute Gasteiger partial charge is 0.274 e. The molecule has 27 heavy (non-hydrogen) atoms. The monoisotopic (exact) mass is 394 g/mol. The van der Waals surface area contributed by atoms with Gasteiger partial charge in [0, 0.05) is 18.6 Å². The van der Waals surface area contributed by atoms with Crippen molar-refractivity contribution in [2.45, 2.75) is 105 Å². The molecular weight excluding hydrogens is 350 g/mol. The van der Waals surface area contributed by atoms with Crippen molar-refractivity contribution in [3.63, 3.8) is 0 Å². The van der Waals surface area contributed by atoms with Gasteiger partial charge in [-0.15, -0.1) is 0 Å². The predicted molar refractivity (Wildman–Crippen MR) is 120 cm³/mol. The normalized spacial score (nSPS) is 15.1. The lowest BCUT2D eigenvalue weighted by Gasteiger charge is -2.16. The number of halogens is 1. The molecule has 0 saturated heterocycles. The molecule has 3 unspecified atom stereocenters. The SMILES string of the molecule is CC(C)CCCC(C)CCCC(C)CCCC(C)CC[n+]1ccccc1Cl. The quantitative estimate of drug-likeness (QED) is 0.209. The van der Waals surface area contributed by atoms with E-state index in [0.29, 0.717) is 0 Å². The van der Waals surface area contributed by atoms with Crippen molar-refractivity contribution in [1.29, 1.82) is 0 Å². The van der Waals surface area contributed by atoms with Crippen LogP contribution < -0.4 is 4.57 Å². The molecule has 1 aromatic heterocycles. The summed E-state index contributed by atoms with van der Waals surface area (Å²) in [4.78, 5) is 0. The van der Waals surface area contributed by atoms with Crippen LogP contribution in [0.2, 0.25) is 5.15 Å². The van der Waals surface area contributed by atoms with Crippen LogP contribution in [0.5, 0.6) is 0 Å². The highest BCUT2D eigenvalue weighted by molar-refractivity contribution is 6.28. The molecule has 0 saturated carbocycles. The molecule has 0 bridgehead atoms. The van der Waals surface area contributed by atoms with E-state index in [-0.39, 0.29) is 0 Å². The third kappa shape index (κ3) is 12.5. The fourth-order valence-corrected chi connectivity index (χ4v) is 4.15. The van der Waals surface area contributed by atoms with Gasteiger partial charge in [0.1, 0.15) is 6.54 Å². The fourth-order valence-electron chi connectivity index (χ4n) is 3.93. The summed E-state index contributed by atoms with van der Waals surface area (Å²) >= 11 is 6.23. The van der Waals surface area contributed by atoms with Crippen LogP contribution in [0.25, 0.3) is 0 Å². The number of aromatic nitrogens is 1. The second kappa shape index (κ2) is 14.4. The zero-order chi connectivity index (χ0) is 20.1. The van der Waals surface area contributed by atoms with E-state index >= 15 is 0 Å². The van der Waals surface area contributed by atoms with Gasteiger partial charge in [-0.25, -0.2) is 0 Å². The summed E-state index contributed by atoms with van der Waals surface area (Å²) in [6.07, 6.45) is 15.9. The van der Waals surface area contributed by atoms with E-state index in [1.165, 1.54) is 64.2 Å². The topological polar surface area (TPSA) is 3.88 Å². The van der Waals surface area contributed by atoms with E-state index in [9.17, 15) is 0 Å². The summed E-state index contributed by atoms with van der Waals surface area (Å²) in [5, 5.41) is 0.844. The van der Waals surface area contributed by atoms with Crippen molar-refractivity contribution >= 4 is 11.6 Å². The van der Waals surface area contributed by atoms with Crippen molar-refractivity contribution < 1.29 is 4.57 Å². The Morgan fingerprint density at radius 3 is 1.67 bits per heavy atom. The van der Waals surface area contributed by atoms with Gasteiger partial charge >= 0.3 is 0 Å². The highest BCUT2D eigenvalue weighted by atomic mass is 35.5. The summed E-state index contributed by atoms with van der Waals surface area (Å²) in [6, 6.07) is 6.03. The first-order valence-electron chi connectivity index (χ1n) is 11.5. The summed E-state index contributed by atoms with van der Waals surface area (Å²) in [5.74, 6) is 3.45. The molecule has 0 spiro atoms. The van der Waals surface area contributed by atoms with Crippen molar-refractivity contribution in [3.05, 3.63) is 29.5 Å². The smallest absolute Gasteiger partial charge is 0.189 e. The van der Waals surface area contributed by atoms with E-state index in [4.69, 9.17) is 11.6 Å². The van der Waals surface area contributed by atoms with Crippen LogP contribution in [-0.2, 0) is 6.54 Å². The maximum Gasteiger partial charge on any atom is 0.274 e. The van der Waals surface area contributed by atoms with Gasteiger partial charge in [-0.2, -0.15) is 4.57 Å². The number of nitrogens with zero attached hydrogens (tertiary/aromatic N) is 1. The van der Waals surface area contributed by atoms with Crippen LogP contribution in [0.4, 0.5) is 0 Å². The Balaban J connectivity index is 2.04. The summed E-state index contributed by atoms with van der Waals surface area (Å²) in [5.41, 5.74) is 0. The molecule has 0 fully saturated rings. The summed E-state index contributed by atoms with van der Waals surface area (Å²) in [7, 11) is 0. The number of hydrogen-bond donors (Lipinski definition) is 0. The number of pyridine rings is 1. The standard InChI is InChI=1S/C25H45ClN/c1-21(2)11-8-12-22(3)13-9-14-23(4)15-10-16-24(5)18-20-27-19-7-6-17-25(27)26/h6-7,17,19,21-24H,8-16,18,20H2,1-5H3/q+1. The summed E-state index contributed by atoms with van der Waals surface area (Å²) < 4.78 is 2.16. The molecule has 1 aromatic rings. The van der Waals surface area contributed by atoms with Gasteiger partial charge in [-0.1, -0.05) is 92.4 Å². The molecule has 0 amide bonds. The molecular formula is C25H45ClN+. The molecule has 0 aliphatic carbocycles. The fraction of sp³-hybridized carbons (Fsp3) is 0.800. The van der Waals surface area contributed by atoms with Crippen LogP contribution in [-0.4, -0.2) is 0 Å². The molecule has 2 heteroatoms. The van der Waals surface area contributed by atoms with Crippen molar-refractivity contribution in [2.75, 3.05) is 0 Å². The highest BCUT2D eigenvalue weighted by Crippen LogP contribution is 2.22. The molecule has 1 nitrogen and oxygen atoms in total. The van der Waals surface area contributed by atoms with Crippen LogP contribution in [0.15, 0.2) is 24.4 Å². The van der Waals surface area contributed by atoms with E-state index in [2.05, 4.69) is 51.4 Å². The first kappa shape index (κ1) is 24.5. The van der Waals surface area contributed by atoms with E-state index in [0.717, 1.165) is 35.4 Å². The second-order valence-corrected chi connectivity index (χ2v) is 9.89. The van der Waals surface area contributed by atoms with E-state index in [1.54, 1.807) is 0 Å². The minimum atomic E-state index is 0.780. The third-order valence-corrected chi connectivity index (χ3v) is 6.36. The Kier molecular flexibility index (Phi) is 13.1. The Hall–Kier alpha value is -0.560. The van der Waals surface area contributed by atoms with Crippen molar-refractivity contribution in [1.82, 2.24) is 0 Å². The molecule has 1 heterocycles. The zero-order valence-corrected chi connectivity index (χ0v) is 19.5. The Morgan fingerprint density at radius 1 is 0.704 bits per heavy atom. The van der Waals surface area contributed by atoms with Gasteiger partial charge in [0.15, 0.2) is 6.20 Å². The molecule has 156 valence electrons.